The van der Waals surface area contributed by atoms with Crippen molar-refractivity contribution in [2.45, 2.75) is 38.3 Å². The zero-order valence-corrected chi connectivity index (χ0v) is 20.2. The zero-order valence-electron chi connectivity index (χ0n) is 19.4. The van der Waals surface area contributed by atoms with Crippen LogP contribution < -0.4 is 10.1 Å². The van der Waals surface area contributed by atoms with Gasteiger partial charge in [0.15, 0.2) is 0 Å². The first-order valence-electron chi connectivity index (χ1n) is 11.9. The summed E-state index contributed by atoms with van der Waals surface area (Å²) in [7, 11) is 0. The standard InChI is InChI=1S/C27H28N4O3S/c32-26-24(8-1-3-12-28-26)31(27(33)23-18-30-13-4-2-9-25(30)29-23)17-21-6-5-7-22(16-21)34-14-10-20-11-15-35-19-20/h2,4-7,9,11,13,15-16,18-19,24H,1,3,8,10,12,14,17H2,(H,28,32)/t24-/m0/s1. The molecule has 4 aromatic rings. The van der Waals surface area contributed by atoms with E-state index in [2.05, 4.69) is 27.1 Å². The second-order valence-corrected chi connectivity index (χ2v) is 9.49. The molecule has 0 aliphatic carbocycles. The lowest BCUT2D eigenvalue weighted by Gasteiger charge is -2.29. The molecular weight excluding hydrogens is 460 g/mol. The quantitative estimate of drug-likeness (QED) is 0.401. The monoisotopic (exact) mass is 488 g/mol. The third-order valence-corrected chi connectivity index (χ3v) is 6.95. The minimum atomic E-state index is -0.544. The van der Waals surface area contributed by atoms with Gasteiger partial charge in [0.25, 0.3) is 5.91 Å². The molecule has 0 unspecified atom stereocenters. The van der Waals surface area contributed by atoms with E-state index in [0.29, 0.717) is 37.5 Å². The maximum Gasteiger partial charge on any atom is 0.275 e. The molecule has 1 fully saturated rings. The molecule has 0 saturated carbocycles. The van der Waals surface area contributed by atoms with E-state index < -0.39 is 6.04 Å². The summed E-state index contributed by atoms with van der Waals surface area (Å²) in [5.41, 5.74) is 3.19. The molecule has 180 valence electrons. The lowest BCUT2D eigenvalue weighted by molar-refractivity contribution is -0.125. The summed E-state index contributed by atoms with van der Waals surface area (Å²) in [6.07, 6.45) is 6.84. The van der Waals surface area contributed by atoms with E-state index in [-0.39, 0.29) is 11.8 Å². The molecule has 1 saturated heterocycles. The van der Waals surface area contributed by atoms with E-state index in [0.717, 1.165) is 30.6 Å². The Bertz CT molecular complexity index is 1270. The molecule has 1 atom stereocenters. The lowest BCUT2D eigenvalue weighted by Crippen LogP contribution is -2.48. The first-order valence-corrected chi connectivity index (χ1v) is 12.9. The number of nitrogens with one attached hydrogen (secondary N) is 1. The van der Waals surface area contributed by atoms with Crippen LogP contribution in [0, 0.1) is 0 Å². The zero-order chi connectivity index (χ0) is 24.0. The van der Waals surface area contributed by atoms with Crippen LogP contribution in [0.5, 0.6) is 5.75 Å². The molecule has 1 aromatic carbocycles. The fraction of sp³-hybridized carbons (Fsp3) is 0.296. The molecule has 0 bridgehead atoms. The number of fused-ring (bicyclic) bond motifs is 1. The minimum absolute atomic E-state index is 0.109. The van der Waals surface area contributed by atoms with Crippen molar-refractivity contribution >= 4 is 28.8 Å². The van der Waals surface area contributed by atoms with Gasteiger partial charge >= 0.3 is 0 Å². The Morgan fingerprint density at radius 1 is 1.17 bits per heavy atom. The number of thiophene rings is 1. The summed E-state index contributed by atoms with van der Waals surface area (Å²) in [4.78, 5) is 32.8. The molecule has 1 aliphatic heterocycles. The number of hydrogen-bond donors (Lipinski definition) is 1. The van der Waals surface area contributed by atoms with E-state index in [1.807, 2.05) is 53.1 Å². The van der Waals surface area contributed by atoms with Gasteiger partial charge in [0.05, 0.1) is 6.61 Å². The van der Waals surface area contributed by atoms with Crippen molar-refractivity contribution in [2.24, 2.45) is 0 Å². The number of hydrogen-bond acceptors (Lipinski definition) is 5. The Morgan fingerprint density at radius 3 is 2.97 bits per heavy atom. The number of imidazole rings is 1. The van der Waals surface area contributed by atoms with Gasteiger partial charge in [-0.15, -0.1) is 0 Å². The first-order chi connectivity index (χ1) is 17.2. The largest absolute Gasteiger partial charge is 0.493 e. The van der Waals surface area contributed by atoms with Crippen LogP contribution in [0.25, 0.3) is 5.65 Å². The van der Waals surface area contributed by atoms with Gasteiger partial charge in [-0.25, -0.2) is 4.98 Å². The van der Waals surface area contributed by atoms with Crippen LogP contribution in [0.1, 0.15) is 40.9 Å². The molecular formula is C27H28N4O3S. The van der Waals surface area contributed by atoms with E-state index >= 15 is 0 Å². The van der Waals surface area contributed by atoms with Crippen molar-refractivity contribution in [2.75, 3.05) is 13.2 Å². The number of ether oxygens (including phenoxy) is 1. The maximum atomic E-state index is 13.7. The molecule has 4 heterocycles. The van der Waals surface area contributed by atoms with Crippen LogP contribution in [0.15, 0.2) is 71.7 Å². The highest BCUT2D eigenvalue weighted by Crippen LogP contribution is 2.22. The summed E-state index contributed by atoms with van der Waals surface area (Å²) < 4.78 is 7.80. The fourth-order valence-electron chi connectivity index (χ4n) is 4.38. The molecule has 3 aromatic heterocycles. The van der Waals surface area contributed by atoms with Crippen LogP contribution in [-0.2, 0) is 17.8 Å². The summed E-state index contributed by atoms with van der Waals surface area (Å²) in [6, 6.07) is 15.0. The van der Waals surface area contributed by atoms with E-state index in [1.54, 1.807) is 22.4 Å². The second kappa shape index (κ2) is 10.7. The van der Waals surface area contributed by atoms with Gasteiger partial charge in [0, 0.05) is 31.9 Å². The topological polar surface area (TPSA) is 75.9 Å². The van der Waals surface area contributed by atoms with Crippen molar-refractivity contribution in [3.63, 3.8) is 0 Å². The molecule has 1 N–H and O–H groups in total. The third kappa shape index (κ3) is 5.54. The average molecular weight is 489 g/mol. The smallest absolute Gasteiger partial charge is 0.275 e. The van der Waals surface area contributed by atoms with Gasteiger partial charge in [-0.2, -0.15) is 11.3 Å². The van der Waals surface area contributed by atoms with Crippen LogP contribution in [0.3, 0.4) is 0 Å². The number of benzene rings is 1. The Labute approximate surface area is 208 Å². The Hall–Kier alpha value is -3.65. The van der Waals surface area contributed by atoms with Crippen molar-refractivity contribution in [3.05, 3.63) is 88.5 Å². The van der Waals surface area contributed by atoms with E-state index in [9.17, 15) is 9.59 Å². The van der Waals surface area contributed by atoms with Crippen LogP contribution in [-0.4, -0.2) is 45.3 Å². The molecule has 1 aliphatic rings. The molecule has 0 spiro atoms. The van der Waals surface area contributed by atoms with E-state index in [1.165, 1.54) is 5.56 Å². The average Bonchev–Trinajstić information content (AvgIpc) is 3.50. The molecule has 7 nitrogen and oxygen atoms in total. The minimum Gasteiger partial charge on any atom is -0.493 e. The predicted molar refractivity (Wildman–Crippen MR) is 136 cm³/mol. The first kappa shape index (κ1) is 23.1. The molecule has 35 heavy (non-hydrogen) atoms. The Kier molecular flexibility index (Phi) is 7.09. The van der Waals surface area contributed by atoms with Gasteiger partial charge in [-0.05, 0) is 71.5 Å². The summed E-state index contributed by atoms with van der Waals surface area (Å²) in [5, 5.41) is 7.15. The second-order valence-electron chi connectivity index (χ2n) is 8.71. The van der Waals surface area contributed by atoms with Gasteiger partial charge in [0.1, 0.15) is 23.1 Å². The SMILES string of the molecule is O=C1NCCCC[C@@H]1N(Cc1cccc(OCCc2ccsc2)c1)C(=O)c1cn2ccccc2n1. The number of carbonyl (C=O) groups excluding carboxylic acids is 2. The summed E-state index contributed by atoms with van der Waals surface area (Å²) >= 11 is 1.68. The highest BCUT2D eigenvalue weighted by molar-refractivity contribution is 7.07. The van der Waals surface area contributed by atoms with Gasteiger partial charge in [-0.1, -0.05) is 18.2 Å². The fourth-order valence-corrected chi connectivity index (χ4v) is 5.08. The van der Waals surface area contributed by atoms with E-state index in [4.69, 9.17) is 4.74 Å². The number of carbonyl (C=O) groups is 2. The number of pyridine rings is 1. The highest BCUT2D eigenvalue weighted by atomic mass is 32.1. The Morgan fingerprint density at radius 2 is 2.11 bits per heavy atom. The van der Waals surface area contributed by atoms with Gasteiger partial charge < -0.3 is 19.4 Å². The molecule has 8 heteroatoms. The van der Waals surface area contributed by atoms with Crippen LogP contribution in [0.4, 0.5) is 0 Å². The number of amides is 2. The van der Waals surface area contributed by atoms with Crippen molar-refractivity contribution in [1.29, 1.82) is 0 Å². The molecule has 5 rings (SSSR count). The highest BCUT2D eigenvalue weighted by Gasteiger charge is 2.32. The predicted octanol–water partition coefficient (Wildman–Crippen LogP) is 4.33. The molecule has 0 radical (unpaired) electrons. The summed E-state index contributed by atoms with van der Waals surface area (Å²) in [6.45, 7) is 1.51. The van der Waals surface area contributed by atoms with Crippen molar-refractivity contribution in [3.8, 4) is 5.75 Å². The van der Waals surface area contributed by atoms with Crippen molar-refractivity contribution < 1.29 is 14.3 Å². The number of rotatable bonds is 8. The van der Waals surface area contributed by atoms with Gasteiger partial charge in [-0.3, -0.25) is 9.59 Å². The third-order valence-electron chi connectivity index (χ3n) is 6.22. The summed E-state index contributed by atoms with van der Waals surface area (Å²) in [5.74, 6) is 0.394. The van der Waals surface area contributed by atoms with Crippen LogP contribution in [0.2, 0.25) is 0 Å². The molecule has 2 amide bonds. The maximum absolute atomic E-state index is 13.7. The normalized spacial score (nSPS) is 16.0. The number of aromatic nitrogens is 2. The van der Waals surface area contributed by atoms with Gasteiger partial charge in [0.2, 0.25) is 5.91 Å². The van der Waals surface area contributed by atoms with Crippen LogP contribution >= 0.6 is 11.3 Å². The van der Waals surface area contributed by atoms with Crippen molar-refractivity contribution in [1.82, 2.24) is 19.6 Å². The Balaban J connectivity index is 1.37. The lowest BCUT2D eigenvalue weighted by atomic mass is 10.1. The number of nitrogens with zero attached hydrogens (tertiary/aromatic N) is 3.